The Morgan fingerprint density at radius 1 is 1.18 bits per heavy atom. The number of nitrogens with two attached hydrogens (primary N) is 1. The van der Waals surface area contributed by atoms with Gasteiger partial charge in [-0.05, 0) is 28.2 Å². The Morgan fingerprint density at radius 2 is 1.76 bits per heavy atom. The molecular weight excluding hydrogens is 218 g/mol. The molecule has 0 rings (SSSR count). The summed E-state index contributed by atoms with van der Waals surface area (Å²) in [6.07, 6.45) is 0. The predicted octanol–water partition coefficient (Wildman–Crippen LogP) is -1.46. The van der Waals surface area contributed by atoms with E-state index in [2.05, 4.69) is 25.4 Å². The Hall–Kier alpha value is -1.34. The molecule has 7 nitrogen and oxygen atoms in total. The molecule has 0 bridgehead atoms. The van der Waals surface area contributed by atoms with Crippen molar-refractivity contribution in [1.82, 2.24) is 20.4 Å². The van der Waals surface area contributed by atoms with E-state index >= 15 is 0 Å². The van der Waals surface area contributed by atoms with Crippen LogP contribution in [0, 0.1) is 5.41 Å². The Labute approximate surface area is 104 Å². The van der Waals surface area contributed by atoms with E-state index in [4.69, 9.17) is 11.1 Å². The lowest BCUT2D eigenvalue weighted by molar-refractivity contribution is 0.411. The molecule has 0 aliphatic carbocycles. The van der Waals surface area contributed by atoms with Crippen molar-refractivity contribution in [2.75, 3.05) is 54.4 Å². The molecule has 0 atom stereocenters. The zero-order valence-electron chi connectivity index (χ0n) is 11.2. The monoisotopic (exact) mass is 243 g/mol. The van der Waals surface area contributed by atoms with Gasteiger partial charge in [0.15, 0.2) is 11.9 Å². The number of aliphatic imine (C=N–C) groups is 1. The number of nitrogens with one attached hydrogen (secondary N) is 3. The summed E-state index contributed by atoms with van der Waals surface area (Å²) in [5, 5.41) is 13.0. The Morgan fingerprint density at radius 3 is 2.24 bits per heavy atom. The summed E-state index contributed by atoms with van der Waals surface area (Å²) in [5.41, 5.74) is 5.29. The molecule has 0 heterocycles. The summed E-state index contributed by atoms with van der Waals surface area (Å²) in [4.78, 5) is 8.43. The molecule has 0 radical (unpaired) electrons. The third-order valence-corrected chi connectivity index (χ3v) is 1.92. The van der Waals surface area contributed by atoms with E-state index in [-0.39, 0.29) is 5.96 Å². The second-order valence-electron chi connectivity index (χ2n) is 4.30. The second kappa shape index (κ2) is 8.77. The topological polar surface area (TPSA) is 92.8 Å². The molecule has 0 aromatic rings. The van der Waals surface area contributed by atoms with Crippen LogP contribution in [-0.4, -0.2) is 76.1 Å². The number of hydrogen-bond acceptors (Lipinski definition) is 4. The van der Waals surface area contributed by atoms with Gasteiger partial charge >= 0.3 is 0 Å². The Bertz CT molecular complexity index is 247. The van der Waals surface area contributed by atoms with Gasteiger partial charge in [-0.15, -0.1) is 0 Å². The molecule has 0 aliphatic heterocycles. The molecule has 7 heteroatoms. The molecule has 0 unspecified atom stereocenters. The fourth-order valence-electron chi connectivity index (χ4n) is 1.03. The zero-order valence-corrected chi connectivity index (χ0v) is 11.2. The average Bonchev–Trinajstić information content (AvgIpc) is 2.15. The van der Waals surface area contributed by atoms with Crippen LogP contribution in [0.2, 0.25) is 0 Å². The number of rotatable bonds is 6. The summed E-state index contributed by atoms with van der Waals surface area (Å²) < 4.78 is 0. The first-order valence-corrected chi connectivity index (χ1v) is 5.60. The molecule has 100 valence electrons. The molecule has 0 aliphatic rings. The molecule has 17 heavy (non-hydrogen) atoms. The van der Waals surface area contributed by atoms with Crippen LogP contribution in [0.4, 0.5) is 0 Å². The number of likely N-dealkylation sites (N-methyl/N-ethyl adjacent to an activating group) is 2. The molecule has 0 aromatic carbocycles. The fraction of sp³-hybridized carbons (Fsp3) is 0.800. The highest BCUT2D eigenvalue weighted by Crippen LogP contribution is 1.78. The number of guanidine groups is 2. The lowest BCUT2D eigenvalue weighted by Gasteiger charge is -2.14. The Kier molecular flexibility index (Phi) is 8.08. The van der Waals surface area contributed by atoms with Crippen molar-refractivity contribution in [3.8, 4) is 0 Å². The largest absolute Gasteiger partial charge is 0.370 e. The summed E-state index contributed by atoms with van der Waals surface area (Å²) in [6, 6.07) is 0. The molecule has 0 amide bonds. The van der Waals surface area contributed by atoms with Crippen molar-refractivity contribution in [3.63, 3.8) is 0 Å². The summed E-state index contributed by atoms with van der Waals surface area (Å²) in [6.45, 7) is 3.18. The van der Waals surface area contributed by atoms with Crippen molar-refractivity contribution in [3.05, 3.63) is 0 Å². The zero-order chi connectivity index (χ0) is 13.3. The van der Waals surface area contributed by atoms with Gasteiger partial charge in [-0.3, -0.25) is 15.7 Å². The lowest BCUT2D eigenvalue weighted by atomic mass is 10.5. The molecule has 5 N–H and O–H groups in total. The van der Waals surface area contributed by atoms with E-state index in [1.54, 1.807) is 0 Å². The van der Waals surface area contributed by atoms with E-state index in [1.165, 1.54) is 0 Å². The van der Waals surface area contributed by atoms with Crippen molar-refractivity contribution in [2.24, 2.45) is 10.7 Å². The van der Waals surface area contributed by atoms with Gasteiger partial charge in [-0.25, -0.2) is 0 Å². The van der Waals surface area contributed by atoms with Crippen LogP contribution in [0.5, 0.6) is 0 Å². The minimum Gasteiger partial charge on any atom is -0.370 e. The highest BCUT2D eigenvalue weighted by atomic mass is 15.2. The van der Waals surface area contributed by atoms with Gasteiger partial charge in [-0.1, -0.05) is 0 Å². The van der Waals surface area contributed by atoms with Gasteiger partial charge < -0.3 is 20.9 Å². The Balaban J connectivity index is 4.07. The maximum Gasteiger partial charge on any atom is 0.198 e. The highest BCUT2D eigenvalue weighted by Gasteiger charge is 1.99. The van der Waals surface area contributed by atoms with Crippen LogP contribution in [0.1, 0.15) is 0 Å². The maximum absolute atomic E-state index is 7.19. The standard InChI is InChI=1S/C10H25N7/c1-16(2)7-5-13-10(15-9(11)12)14-6-8-17(3)4/h5-8H2,1-4H3,(H5,11,12,13,14,15). The quantitative estimate of drug-likeness (QED) is 0.338. The molecule has 0 saturated carbocycles. The van der Waals surface area contributed by atoms with Crippen LogP contribution in [0.15, 0.2) is 4.99 Å². The van der Waals surface area contributed by atoms with Crippen molar-refractivity contribution in [2.45, 2.75) is 0 Å². The second-order valence-corrected chi connectivity index (χ2v) is 4.30. The smallest absolute Gasteiger partial charge is 0.198 e. The minimum absolute atomic E-state index is 0.106. The van der Waals surface area contributed by atoms with Gasteiger partial charge in [0.1, 0.15) is 0 Å². The highest BCUT2D eigenvalue weighted by molar-refractivity contribution is 5.96. The number of nitrogens with zero attached hydrogens (tertiary/aromatic N) is 3. The molecule has 0 aromatic heterocycles. The van der Waals surface area contributed by atoms with E-state index in [0.717, 1.165) is 19.6 Å². The predicted molar refractivity (Wildman–Crippen MR) is 72.5 cm³/mol. The number of hydrogen-bond donors (Lipinski definition) is 4. The van der Waals surface area contributed by atoms with Gasteiger partial charge in [0.05, 0.1) is 6.54 Å². The van der Waals surface area contributed by atoms with Crippen LogP contribution >= 0.6 is 0 Å². The summed E-state index contributed by atoms with van der Waals surface area (Å²) in [7, 11) is 7.99. The van der Waals surface area contributed by atoms with Gasteiger partial charge in [0.25, 0.3) is 0 Å². The SMILES string of the molecule is CN(C)CCN=C(NCCN(C)C)NC(=N)N. The normalized spacial score (nSPS) is 12.0. The van der Waals surface area contributed by atoms with Crippen LogP contribution in [0.25, 0.3) is 0 Å². The summed E-state index contributed by atoms with van der Waals surface area (Å²) >= 11 is 0. The molecular formula is C10H25N7. The summed E-state index contributed by atoms with van der Waals surface area (Å²) in [5.74, 6) is 0.451. The minimum atomic E-state index is -0.106. The molecule has 0 saturated heterocycles. The molecule has 0 spiro atoms. The molecule has 0 fully saturated rings. The van der Waals surface area contributed by atoms with Gasteiger partial charge in [0.2, 0.25) is 0 Å². The van der Waals surface area contributed by atoms with E-state index in [9.17, 15) is 0 Å². The van der Waals surface area contributed by atoms with E-state index < -0.39 is 0 Å². The average molecular weight is 243 g/mol. The van der Waals surface area contributed by atoms with Crippen molar-refractivity contribution < 1.29 is 0 Å². The first kappa shape index (κ1) is 15.7. The lowest BCUT2D eigenvalue weighted by Crippen LogP contribution is -2.46. The van der Waals surface area contributed by atoms with Gasteiger partial charge in [-0.2, -0.15) is 0 Å². The van der Waals surface area contributed by atoms with Crippen LogP contribution < -0.4 is 16.4 Å². The third-order valence-electron chi connectivity index (χ3n) is 1.92. The van der Waals surface area contributed by atoms with E-state index in [0.29, 0.717) is 12.5 Å². The fourth-order valence-corrected chi connectivity index (χ4v) is 1.03. The van der Waals surface area contributed by atoms with E-state index in [1.807, 2.05) is 28.2 Å². The first-order chi connectivity index (χ1) is 7.91. The maximum atomic E-state index is 7.19. The van der Waals surface area contributed by atoms with Crippen LogP contribution in [0.3, 0.4) is 0 Å². The van der Waals surface area contributed by atoms with Crippen molar-refractivity contribution in [1.29, 1.82) is 5.41 Å². The third kappa shape index (κ3) is 10.9. The van der Waals surface area contributed by atoms with Crippen LogP contribution in [-0.2, 0) is 0 Å². The van der Waals surface area contributed by atoms with Crippen molar-refractivity contribution >= 4 is 11.9 Å². The van der Waals surface area contributed by atoms with Gasteiger partial charge in [0, 0.05) is 19.6 Å². The first-order valence-electron chi connectivity index (χ1n) is 5.60.